The minimum atomic E-state index is -4.53. The summed E-state index contributed by atoms with van der Waals surface area (Å²) in [5, 5.41) is 17.8. The summed E-state index contributed by atoms with van der Waals surface area (Å²) < 4.78 is 125. The van der Waals surface area contributed by atoms with Gasteiger partial charge in [0.1, 0.15) is 48.7 Å². The average molecular weight is 1400 g/mol. The number of methoxy groups -OCH3 is 2. The molecule has 528 valence electrons. The fourth-order valence-electron chi connectivity index (χ4n) is 12.5. The number of likely N-dealkylation sites (tertiary alicyclic amines) is 2. The number of nitrogens with zero attached hydrogens (tertiary/aromatic N) is 16. The van der Waals surface area contributed by atoms with E-state index in [1.165, 1.54) is 45.3 Å². The molecule has 8 aromatic heterocycles. The summed E-state index contributed by atoms with van der Waals surface area (Å²) in [5.41, 5.74) is 3.63. The molecule has 24 nitrogen and oxygen atoms in total. The molecular weight excluding hydrogens is 1310 g/mol. The van der Waals surface area contributed by atoms with Crippen LogP contribution in [0, 0.1) is 10.8 Å². The van der Waals surface area contributed by atoms with E-state index in [1.807, 2.05) is 53.7 Å². The molecule has 0 saturated carbocycles. The van der Waals surface area contributed by atoms with Gasteiger partial charge < -0.3 is 48.0 Å². The van der Waals surface area contributed by atoms with Crippen LogP contribution in [0.5, 0.6) is 11.5 Å². The summed E-state index contributed by atoms with van der Waals surface area (Å²) in [5.74, 6) is 0.717. The first-order valence-corrected chi connectivity index (χ1v) is 39.9. The van der Waals surface area contributed by atoms with Crippen LogP contribution in [0.4, 0.5) is 47.3 Å². The molecule has 4 aliphatic rings. The van der Waals surface area contributed by atoms with E-state index in [0.717, 1.165) is 49.6 Å². The van der Waals surface area contributed by atoms with Crippen LogP contribution >= 0.6 is 0 Å². The molecule has 4 fully saturated rings. The van der Waals surface area contributed by atoms with Gasteiger partial charge in [0.25, 0.3) is 0 Å². The average Bonchev–Trinajstić information content (AvgIpc) is 1.06. The molecule has 4 aliphatic heterocycles. The van der Waals surface area contributed by atoms with E-state index < -0.39 is 52.5 Å². The van der Waals surface area contributed by atoms with Gasteiger partial charge in [-0.05, 0) is 90.0 Å². The van der Waals surface area contributed by atoms with Crippen molar-refractivity contribution in [3.63, 3.8) is 0 Å². The number of pyridine rings is 4. The minimum Gasteiger partial charge on any atom is -0.493 e. The quantitative estimate of drug-likeness (QED) is 0.0393. The lowest BCUT2D eigenvalue weighted by molar-refractivity contribution is -0.128. The Morgan fingerprint density at radius 2 is 0.898 bits per heavy atom. The number of ether oxygens (including phenoxy) is 6. The Bertz CT molecular complexity index is 3900. The van der Waals surface area contributed by atoms with Gasteiger partial charge in [-0.15, -0.1) is 0 Å². The SMILES string of the molecule is COc1cc(-c2c(CC(F)(F)F)c(-c3ccc(N4CC5(CN(C(=O)OC(C)(C)C)C5)C4)cn3)nn2COCC[Si](C)(C)C)cn2ncnc12.COc1cc(-c2c(CC(F)(F)F)c(-c3ccc(N4CC5(CN(C(=O)OC(C)(C)C)C5)C4)cn3)nn2COCC[Si](C)(C)C)cn2ncnc12. The molecule has 0 radical (unpaired) electrons. The van der Waals surface area contributed by atoms with Crippen LogP contribution in [-0.2, 0) is 45.3 Å². The van der Waals surface area contributed by atoms with Crippen LogP contribution in [0.25, 0.3) is 56.6 Å². The molecule has 4 saturated heterocycles. The molecule has 0 bridgehead atoms. The Morgan fingerprint density at radius 1 is 0.531 bits per heavy atom. The summed E-state index contributed by atoms with van der Waals surface area (Å²) in [7, 11) is 0.120. The number of amides is 2. The maximum absolute atomic E-state index is 14.2. The highest BCUT2D eigenvalue weighted by molar-refractivity contribution is 6.76. The highest BCUT2D eigenvalue weighted by Gasteiger charge is 2.55. The van der Waals surface area contributed by atoms with Crippen molar-refractivity contribution in [2.24, 2.45) is 10.8 Å². The van der Waals surface area contributed by atoms with E-state index in [-0.39, 0.29) is 70.4 Å². The number of hydrogen-bond acceptors (Lipinski definition) is 18. The topological polar surface area (TPSA) is 224 Å². The maximum Gasteiger partial charge on any atom is 0.410 e. The van der Waals surface area contributed by atoms with Crippen LogP contribution in [0.1, 0.15) is 52.7 Å². The maximum atomic E-state index is 14.2. The number of rotatable bonds is 20. The Hall–Kier alpha value is -8.37. The highest BCUT2D eigenvalue weighted by Crippen LogP contribution is 2.46. The van der Waals surface area contributed by atoms with Gasteiger partial charge in [-0.25, -0.2) is 38.0 Å². The van der Waals surface area contributed by atoms with Crippen LogP contribution in [-0.4, -0.2) is 200 Å². The molecule has 32 heteroatoms. The molecule has 0 atom stereocenters. The van der Waals surface area contributed by atoms with Crippen molar-refractivity contribution in [3.8, 4) is 56.8 Å². The van der Waals surface area contributed by atoms with Gasteiger partial charge in [-0.3, -0.25) is 9.97 Å². The number of hydrogen-bond donors (Lipinski definition) is 0. The molecule has 98 heavy (non-hydrogen) atoms. The van der Waals surface area contributed by atoms with E-state index in [2.05, 4.69) is 79.2 Å². The van der Waals surface area contributed by atoms with Gasteiger partial charge in [0.05, 0.1) is 73.6 Å². The summed E-state index contributed by atoms with van der Waals surface area (Å²) in [6.07, 6.45) is -2.85. The van der Waals surface area contributed by atoms with Crippen LogP contribution in [0.15, 0.2) is 73.8 Å². The van der Waals surface area contributed by atoms with Crippen LogP contribution in [0.2, 0.25) is 51.4 Å². The molecule has 2 amide bonds. The van der Waals surface area contributed by atoms with Gasteiger partial charge in [-0.2, -0.15) is 46.7 Å². The van der Waals surface area contributed by atoms with Gasteiger partial charge in [-0.1, -0.05) is 39.3 Å². The predicted octanol–water partition coefficient (Wildman–Crippen LogP) is 12.3. The first-order valence-electron chi connectivity index (χ1n) is 32.5. The summed E-state index contributed by atoms with van der Waals surface area (Å²) in [6.45, 7) is 30.7. The van der Waals surface area contributed by atoms with Gasteiger partial charge in [0.15, 0.2) is 22.8 Å². The highest BCUT2D eigenvalue weighted by atomic mass is 28.3. The summed E-state index contributed by atoms with van der Waals surface area (Å²) in [4.78, 5) is 50.2. The molecule has 0 aromatic carbocycles. The third-order valence-corrected chi connectivity index (χ3v) is 20.6. The van der Waals surface area contributed by atoms with Crippen molar-refractivity contribution in [2.75, 3.05) is 89.6 Å². The zero-order valence-electron chi connectivity index (χ0n) is 57.9. The third-order valence-electron chi connectivity index (χ3n) is 17.2. The zero-order chi connectivity index (χ0) is 70.7. The Morgan fingerprint density at radius 3 is 1.20 bits per heavy atom. The van der Waals surface area contributed by atoms with Crippen molar-refractivity contribution in [1.82, 2.24) is 68.5 Å². The Kier molecular flexibility index (Phi) is 19.3. The Labute approximate surface area is 566 Å². The lowest BCUT2D eigenvalue weighted by Gasteiger charge is -2.60. The van der Waals surface area contributed by atoms with Gasteiger partial charge in [0, 0.05) is 127 Å². The second-order valence-electron chi connectivity index (χ2n) is 30.5. The number of anilines is 2. The van der Waals surface area contributed by atoms with Crippen molar-refractivity contribution in [3.05, 3.63) is 85.0 Å². The first kappa shape index (κ1) is 70.9. The number of fused-ring (bicyclic) bond motifs is 2. The van der Waals surface area contributed by atoms with E-state index in [4.69, 9.17) is 38.6 Å². The molecule has 0 unspecified atom stereocenters. The lowest BCUT2D eigenvalue weighted by atomic mass is 9.73. The van der Waals surface area contributed by atoms with Crippen molar-refractivity contribution >= 4 is 51.0 Å². The Balaban J connectivity index is 0.000000198. The zero-order valence-corrected chi connectivity index (χ0v) is 59.9. The molecule has 0 aliphatic carbocycles. The van der Waals surface area contributed by atoms with Crippen LogP contribution in [0.3, 0.4) is 0 Å². The van der Waals surface area contributed by atoms with E-state index in [9.17, 15) is 35.9 Å². The molecule has 0 N–H and O–H groups in total. The fraction of sp³-hybridized carbons (Fsp3) is 0.545. The number of carbonyl (C=O) groups excluding carboxylic acids is 2. The fourth-order valence-corrected chi connectivity index (χ4v) is 14.1. The second kappa shape index (κ2) is 26.7. The summed E-state index contributed by atoms with van der Waals surface area (Å²) >= 11 is 0. The van der Waals surface area contributed by atoms with E-state index >= 15 is 0 Å². The number of alkyl halides is 6. The van der Waals surface area contributed by atoms with Crippen molar-refractivity contribution in [1.29, 1.82) is 0 Å². The molecule has 8 aromatic rings. The monoisotopic (exact) mass is 1400 g/mol. The molecule has 12 heterocycles. The normalized spacial score (nSPS) is 16.2. The van der Waals surface area contributed by atoms with Gasteiger partial charge in [0.2, 0.25) is 0 Å². The lowest BCUT2D eigenvalue weighted by Crippen LogP contribution is -2.73. The van der Waals surface area contributed by atoms with Crippen molar-refractivity contribution < 1.29 is 64.4 Å². The molecule has 2 spiro atoms. The summed E-state index contributed by atoms with van der Waals surface area (Å²) in [6, 6.07) is 12.2. The number of aromatic nitrogens is 12. The number of halogens is 6. The third kappa shape index (κ3) is 16.5. The smallest absolute Gasteiger partial charge is 0.410 e. The standard InChI is InChI=1S/2C33H43F3N8O4Si/c2*1-31(2,3)48-30(45)42-18-32(19-42)16-41(17-32)23-8-9-25(37-14-23)27-24(13-33(34,35)36)28(44(40-27)21-47-10-11-49(5,6)7)22-12-26(46-4)29-38-20-39-43(29)15-22/h2*8-9,12,14-15,20H,10-11,13,16-19,21H2,1-7H3. The van der Waals surface area contributed by atoms with Gasteiger partial charge >= 0.3 is 24.5 Å². The minimum absolute atomic E-state index is 0.00482. The van der Waals surface area contributed by atoms with Crippen LogP contribution < -0.4 is 19.3 Å². The van der Waals surface area contributed by atoms with E-state index in [1.54, 1.807) is 58.9 Å². The number of carbonyl (C=O) groups is 2. The molecular formula is C66H86F6N16O8Si2. The first-order chi connectivity index (χ1) is 45.8. The predicted molar refractivity (Wildman–Crippen MR) is 361 cm³/mol. The van der Waals surface area contributed by atoms with E-state index in [0.29, 0.717) is 84.7 Å². The van der Waals surface area contributed by atoms with Crippen molar-refractivity contribution in [2.45, 2.75) is 143 Å². The second-order valence-corrected chi connectivity index (χ2v) is 41.7. The molecule has 12 rings (SSSR count). The largest absolute Gasteiger partial charge is 0.493 e.